The first-order chi connectivity index (χ1) is 11.2. The Hall–Kier alpha value is -2.37. The molecule has 0 heterocycles. The van der Waals surface area contributed by atoms with E-state index in [1.54, 1.807) is 0 Å². The van der Waals surface area contributed by atoms with Gasteiger partial charge < -0.3 is 0 Å². The standard InChI is InChI=1S/C13H10BrFN4O4S/c14-9-1-3-11(15)8(5-9)7-17-18-12-4-2-10(24(16,22)23)6-13(12)19(20)21/h1-7,18H,(H2,16,22,23)/b17-7+. The lowest BCUT2D eigenvalue weighted by atomic mass is 10.2. The van der Waals surface area contributed by atoms with E-state index < -0.39 is 31.3 Å². The molecule has 2 aromatic carbocycles. The first-order valence-electron chi connectivity index (χ1n) is 6.24. The van der Waals surface area contributed by atoms with E-state index in [2.05, 4.69) is 26.5 Å². The normalized spacial score (nSPS) is 11.6. The Balaban J connectivity index is 2.31. The quantitative estimate of drug-likeness (QED) is 0.439. The summed E-state index contributed by atoms with van der Waals surface area (Å²) in [7, 11) is -4.07. The minimum atomic E-state index is -4.07. The van der Waals surface area contributed by atoms with Gasteiger partial charge in [-0.3, -0.25) is 15.5 Å². The van der Waals surface area contributed by atoms with Gasteiger partial charge in [0.1, 0.15) is 11.5 Å². The molecule has 0 bridgehead atoms. The van der Waals surface area contributed by atoms with Crippen LogP contribution in [0.15, 0.2) is 50.9 Å². The Labute approximate surface area is 144 Å². The van der Waals surface area contributed by atoms with Gasteiger partial charge in [-0.15, -0.1) is 0 Å². The number of nitrogens with two attached hydrogens (primary N) is 1. The molecule has 11 heteroatoms. The SMILES string of the molecule is NS(=O)(=O)c1ccc(N/N=C/c2cc(Br)ccc2F)c([N+](=O)[O-])c1. The number of halogens is 2. The van der Waals surface area contributed by atoms with E-state index in [9.17, 15) is 22.9 Å². The van der Waals surface area contributed by atoms with Gasteiger partial charge in [0.2, 0.25) is 10.0 Å². The Kier molecular flexibility index (Phi) is 5.26. The average molecular weight is 417 g/mol. The van der Waals surface area contributed by atoms with Crippen LogP contribution < -0.4 is 10.6 Å². The lowest BCUT2D eigenvalue weighted by molar-refractivity contribution is -0.384. The molecule has 0 aliphatic carbocycles. The van der Waals surface area contributed by atoms with Crippen molar-refractivity contribution < 1.29 is 17.7 Å². The molecule has 0 spiro atoms. The average Bonchev–Trinajstić information content (AvgIpc) is 2.49. The lowest BCUT2D eigenvalue weighted by Crippen LogP contribution is -2.12. The van der Waals surface area contributed by atoms with Gasteiger partial charge in [-0.1, -0.05) is 15.9 Å². The van der Waals surface area contributed by atoms with Crippen molar-refractivity contribution in [2.45, 2.75) is 4.90 Å². The lowest BCUT2D eigenvalue weighted by Gasteiger charge is -2.04. The molecule has 0 amide bonds. The van der Waals surface area contributed by atoms with Crippen molar-refractivity contribution in [3.63, 3.8) is 0 Å². The number of nitro groups is 1. The highest BCUT2D eigenvalue weighted by Crippen LogP contribution is 2.27. The number of primary sulfonamides is 1. The zero-order valence-corrected chi connectivity index (χ0v) is 14.2. The number of sulfonamides is 1. The summed E-state index contributed by atoms with van der Waals surface area (Å²) in [6, 6.07) is 7.27. The number of hydrogen-bond acceptors (Lipinski definition) is 6. The van der Waals surface area contributed by atoms with E-state index in [0.717, 1.165) is 24.4 Å². The number of nitrogens with zero attached hydrogens (tertiary/aromatic N) is 2. The minimum absolute atomic E-state index is 0.0703. The Morgan fingerprint density at radius 1 is 1.29 bits per heavy atom. The first-order valence-corrected chi connectivity index (χ1v) is 8.58. The minimum Gasteiger partial charge on any atom is -0.272 e. The molecule has 0 fully saturated rings. The van der Waals surface area contributed by atoms with Gasteiger partial charge >= 0.3 is 0 Å². The molecule has 3 N–H and O–H groups in total. The van der Waals surface area contributed by atoms with Crippen molar-refractivity contribution in [1.82, 2.24) is 0 Å². The molecule has 0 unspecified atom stereocenters. The van der Waals surface area contributed by atoms with E-state index in [1.807, 2.05) is 0 Å². The van der Waals surface area contributed by atoms with Gasteiger partial charge in [-0.25, -0.2) is 17.9 Å². The topological polar surface area (TPSA) is 128 Å². The van der Waals surface area contributed by atoms with Crippen molar-refractivity contribution >= 4 is 43.5 Å². The van der Waals surface area contributed by atoms with E-state index in [1.165, 1.54) is 18.2 Å². The number of rotatable bonds is 5. The Morgan fingerprint density at radius 3 is 2.62 bits per heavy atom. The third-order valence-electron chi connectivity index (χ3n) is 2.84. The van der Waals surface area contributed by atoms with Crippen LogP contribution in [0.5, 0.6) is 0 Å². The molecule has 0 atom stereocenters. The molecule has 0 aliphatic heterocycles. The monoisotopic (exact) mass is 416 g/mol. The predicted octanol–water partition coefficient (Wildman–Crippen LogP) is 2.59. The van der Waals surface area contributed by atoms with Crippen molar-refractivity contribution in [1.29, 1.82) is 0 Å². The molecule has 0 aromatic heterocycles. The molecule has 126 valence electrons. The molecule has 0 saturated carbocycles. The summed E-state index contributed by atoms with van der Waals surface area (Å²) in [5.74, 6) is -0.525. The summed E-state index contributed by atoms with van der Waals surface area (Å²) in [6.07, 6.45) is 1.14. The fraction of sp³-hybridized carbons (Fsp3) is 0. The van der Waals surface area contributed by atoms with Crippen molar-refractivity contribution in [2.24, 2.45) is 10.2 Å². The van der Waals surface area contributed by atoms with Crippen LogP contribution in [0.1, 0.15) is 5.56 Å². The van der Waals surface area contributed by atoms with Gasteiger partial charge in [-0.05, 0) is 30.3 Å². The van der Waals surface area contributed by atoms with E-state index >= 15 is 0 Å². The summed E-state index contributed by atoms with van der Waals surface area (Å²) in [5, 5.41) is 19.7. The smallest absolute Gasteiger partial charge is 0.272 e. The first kappa shape index (κ1) is 18.0. The second-order valence-corrected chi connectivity index (χ2v) is 6.99. The van der Waals surface area contributed by atoms with E-state index in [4.69, 9.17) is 5.14 Å². The van der Waals surface area contributed by atoms with Crippen LogP contribution in [0.2, 0.25) is 0 Å². The molecule has 8 nitrogen and oxygen atoms in total. The second kappa shape index (κ2) is 7.03. The maximum Gasteiger partial charge on any atom is 0.295 e. The maximum atomic E-state index is 13.6. The zero-order chi connectivity index (χ0) is 17.9. The maximum absolute atomic E-state index is 13.6. The number of hydrazone groups is 1. The number of nitrogens with one attached hydrogen (secondary N) is 1. The van der Waals surface area contributed by atoms with Crippen LogP contribution in [0.4, 0.5) is 15.8 Å². The van der Waals surface area contributed by atoms with E-state index in [-0.39, 0.29) is 11.3 Å². The molecule has 24 heavy (non-hydrogen) atoms. The molecule has 2 rings (SSSR count). The van der Waals surface area contributed by atoms with Crippen LogP contribution in [0.3, 0.4) is 0 Å². The largest absolute Gasteiger partial charge is 0.295 e. The number of nitro benzene ring substituents is 1. The third kappa shape index (κ3) is 4.34. The van der Waals surface area contributed by atoms with Gasteiger partial charge in [-0.2, -0.15) is 5.10 Å². The molecule has 0 saturated heterocycles. The summed E-state index contributed by atoms with van der Waals surface area (Å²) in [4.78, 5) is 9.86. The van der Waals surface area contributed by atoms with Crippen LogP contribution in [0, 0.1) is 15.9 Å². The van der Waals surface area contributed by atoms with Crippen molar-refractivity contribution in [3.8, 4) is 0 Å². The van der Waals surface area contributed by atoms with Gasteiger partial charge in [0.15, 0.2) is 0 Å². The van der Waals surface area contributed by atoms with Gasteiger partial charge in [0.25, 0.3) is 5.69 Å². The predicted molar refractivity (Wildman–Crippen MR) is 89.8 cm³/mol. The molecular formula is C13H10BrFN4O4S. The summed E-state index contributed by atoms with van der Waals surface area (Å²) in [6.45, 7) is 0. The molecular weight excluding hydrogens is 407 g/mol. The second-order valence-electron chi connectivity index (χ2n) is 4.52. The Bertz CT molecular complexity index is 934. The third-order valence-corrected chi connectivity index (χ3v) is 4.25. The highest BCUT2D eigenvalue weighted by Gasteiger charge is 2.18. The summed E-state index contributed by atoms with van der Waals surface area (Å²) in [5.41, 5.74) is 1.93. The van der Waals surface area contributed by atoms with E-state index in [0.29, 0.717) is 4.47 Å². The van der Waals surface area contributed by atoms with Crippen LogP contribution in [-0.2, 0) is 10.0 Å². The van der Waals surface area contributed by atoms with Gasteiger partial charge in [0, 0.05) is 16.1 Å². The highest BCUT2D eigenvalue weighted by atomic mass is 79.9. The number of benzene rings is 2. The van der Waals surface area contributed by atoms with Crippen LogP contribution in [0.25, 0.3) is 0 Å². The molecule has 2 aromatic rings. The summed E-state index contributed by atoms with van der Waals surface area (Å²) >= 11 is 3.18. The van der Waals surface area contributed by atoms with Crippen molar-refractivity contribution in [3.05, 3.63) is 62.4 Å². The fourth-order valence-electron chi connectivity index (χ4n) is 1.72. The highest BCUT2D eigenvalue weighted by molar-refractivity contribution is 9.10. The fourth-order valence-corrected chi connectivity index (χ4v) is 2.63. The molecule has 0 radical (unpaired) electrons. The van der Waals surface area contributed by atoms with Crippen LogP contribution in [-0.4, -0.2) is 19.6 Å². The van der Waals surface area contributed by atoms with Crippen molar-refractivity contribution in [2.75, 3.05) is 5.43 Å². The zero-order valence-electron chi connectivity index (χ0n) is 11.8. The summed E-state index contributed by atoms with van der Waals surface area (Å²) < 4.78 is 36.7. The Morgan fingerprint density at radius 2 is 2.00 bits per heavy atom. The van der Waals surface area contributed by atoms with Crippen LogP contribution >= 0.6 is 15.9 Å². The van der Waals surface area contributed by atoms with Gasteiger partial charge in [0.05, 0.1) is 16.0 Å². The number of anilines is 1. The molecule has 0 aliphatic rings. The number of hydrogen-bond donors (Lipinski definition) is 2.